The summed E-state index contributed by atoms with van der Waals surface area (Å²) in [6, 6.07) is 5.13. The van der Waals surface area contributed by atoms with E-state index >= 15 is 0 Å². The lowest BCUT2D eigenvalue weighted by molar-refractivity contribution is -0.123. The van der Waals surface area contributed by atoms with Crippen molar-refractivity contribution < 1.29 is 29.7 Å². The molecule has 2 aliphatic heterocycles. The molecule has 0 aromatic carbocycles. The molecule has 3 aromatic rings. The molecule has 180 valence electrons. The summed E-state index contributed by atoms with van der Waals surface area (Å²) in [5.41, 5.74) is 0.0997. The topological polar surface area (TPSA) is 193 Å². The standard InChI is InChI=1S/C19H20N6O3.2CH2O2/c26-10-19-8-24(16-13-3-5-20-15(13)22-11-23-16)6-12(19)7-25(9-19)18(28)14-2-1-4-21-17(14)27;2*2-1-3/h1-5,11-12,26H,6-10H2,(H,21,27)(H,20,22,23);2*1H,(H,2,3). The van der Waals surface area contributed by atoms with Gasteiger partial charge in [-0.2, -0.15) is 0 Å². The van der Waals surface area contributed by atoms with Gasteiger partial charge in [-0.05, 0) is 18.2 Å². The van der Waals surface area contributed by atoms with Gasteiger partial charge in [-0.1, -0.05) is 0 Å². The van der Waals surface area contributed by atoms with Crippen LogP contribution in [-0.2, 0) is 9.59 Å². The first-order valence-corrected chi connectivity index (χ1v) is 10.2. The van der Waals surface area contributed by atoms with Crippen LogP contribution in [0.25, 0.3) is 11.0 Å². The normalized spacial score (nSPS) is 20.6. The second-order valence-electron chi connectivity index (χ2n) is 7.84. The average Bonchev–Trinajstić information content (AvgIpc) is 3.52. The van der Waals surface area contributed by atoms with Crippen molar-refractivity contribution in [1.82, 2.24) is 24.8 Å². The number of carbonyl (C=O) groups is 3. The maximum Gasteiger partial charge on any atom is 0.290 e. The zero-order valence-electron chi connectivity index (χ0n) is 18.0. The number of aromatic nitrogens is 4. The highest BCUT2D eigenvalue weighted by atomic mass is 16.3. The molecular formula is C21H24N6O7. The number of amides is 1. The van der Waals surface area contributed by atoms with Crippen LogP contribution in [-0.4, -0.2) is 91.8 Å². The Bertz CT molecular complexity index is 1210. The minimum absolute atomic E-state index is 0.0234. The van der Waals surface area contributed by atoms with Gasteiger partial charge < -0.3 is 35.1 Å². The van der Waals surface area contributed by atoms with Crippen LogP contribution in [0.5, 0.6) is 0 Å². The summed E-state index contributed by atoms with van der Waals surface area (Å²) in [4.78, 5) is 59.7. The van der Waals surface area contributed by atoms with Gasteiger partial charge in [0.15, 0.2) is 0 Å². The Morgan fingerprint density at radius 2 is 1.85 bits per heavy atom. The number of rotatable bonds is 3. The summed E-state index contributed by atoms with van der Waals surface area (Å²) >= 11 is 0. The molecule has 2 saturated heterocycles. The number of hydrogen-bond donors (Lipinski definition) is 5. The number of carbonyl (C=O) groups excluding carboxylic acids is 1. The van der Waals surface area contributed by atoms with Crippen molar-refractivity contribution >= 4 is 35.7 Å². The maximum atomic E-state index is 12.8. The van der Waals surface area contributed by atoms with Crippen molar-refractivity contribution in [2.45, 2.75) is 0 Å². The van der Waals surface area contributed by atoms with E-state index in [1.54, 1.807) is 11.0 Å². The number of nitrogens with one attached hydrogen (secondary N) is 2. The van der Waals surface area contributed by atoms with Crippen LogP contribution in [0.15, 0.2) is 41.7 Å². The number of aliphatic hydroxyl groups excluding tert-OH is 1. The van der Waals surface area contributed by atoms with Gasteiger partial charge in [0.25, 0.3) is 24.4 Å². The number of anilines is 1. The predicted octanol–water partition coefficient (Wildman–Crippen LogP) is -0.381. The summed E-state index contributed by atoms with van der Waals surface area (Å²) in [5.74, 6) is 0.657. The van der Waals surface area contributed by atoms with Gasteiger partial charge in [0, 0.05) is 49.9 Å². The first-order valence-electron chi connectivity index (χ1n) is 10.2. The zero-order valence-corrected chi connectivity index (χ0v) is 18.0. The van der Waals surface area contributed by atoms with Gasteiger partial charge >= 0.3 is 0 Å². The highest BCUT2D eigenvalue weighted by Gasteiger charge is 2.53. The quantitative estimate of drug-likeness (QED) is 0.314. The van der Waals surface area contributed by atoms with Crippen molar-refractivity contribution in [3.8, 4) is 0 Å². The molecule has 0 bridgehead atoms. The predicted molar refractivity (Wildman–Crippen MR) is 119 cm³/mol. The van der Waals surface area contributed by atoms with Crippen LogP contribution in [0, 0.1) is 11.3 Å². The van der Waals surface area contributed by atoms with Gasteiger partial charge in [0.05, 0.1) is 12.0 Å². The van der Waals surface area contributed by atoms with E-state index in [1.807, 2.05) is 12.3 Å². The Morgan fingerprint density at radius 3 is 2.50 bits per heavy atom. The lowest BCUT2D eigenvalue weighted by Gasteiger charge is -2.27. The van der Waals surface area contributed by atoms with Crippen molar-refractivity contribution in [3.05, 3.63) is 52.8 Å². The number of carboxylic acid groups (broad SMARTS) is 2. The van der Waals surface area contributed by atoms with E-state index in [0.717, 1.165) is 16.9 Å². The minimum atomic E-state index is -0.426. The molecule has 34 heavy (non-hydrogen) atoms. The third-order valence-electron chi connectivity index (χ3n) is 6.04. The van der Waals surface area contributed by atoms with Gasteiger partial charge in [0.2, 0.25) is 0 Å². The molecule has 5 rings (SSSR count). The molecule has 0 aliphatic carbocycles. The van der Waals surface area contributed by atoms with E-state index in [2.05, 4.69) is 24.8 Å². The van der Waals surface area contributed by atoms with Crippen molar-refractivity contribution in [3.63, 3.8) is 0 Å². The van der Waals surface area contributed by atoms with Crippen LogP contribution in [0.4, 0.5) is 5.82 Å². The van der Waals surface area contributed by atoms with Gasteiger partial charge in [0.1, 0.15) is 23.4 Å². The van der Waals surface area contributed by atoms with Gasteiger partial charge in [-0.3, -0.25) is 19.2 Å². The fourth-order valence-corrected chi connectivity index (χ4v) is 4.59. The number of aliphatic hydroxyl groups is 1. The zero-order chi connectivity index (χ0) is 24.7. The molecule has 1 amide bonds. The molecule has 3 aromatic heterocycles. The van der Waals surface area contributed by atoms with Crippen LogP contribution >= 0.6 is 0 Å². The van der Waals surface area contributed by atoms with E-state index in [4.69, 9.17) is 19.8 Å². The van der Waals surface area contributed by atoms with E-state index in [-0.39, 0.29) is 42.5 Å². The third kappa shape index (κ3) is 4.59. The fraction of sp³-hybridized carbons (Fsp3) is 0.333. The minimum Gasteiger partial charge on any atom is -0.483 e. The Hall–Kier alpha value is -4.26. The molecule has 13 heteroatoms. The number of H-pyrrole nitrogens is 2. The summed E-state index contributed by atoms with van der Waals surface area (Å²) < 4.78 is 0. The lowest BCUT2D eigenvalue weighted by atomic mass is 9.82. The van der Waals surface area contributed by atoms with Crippen LogP contribution in [0.3, 0.4) is 0 Å². The molecule has 0 saturated carbocycles. The third-order valence-corrected chi connectivity index (χ3v) is 6.04. The van der Waals surface area contributed by atoms with E-state index in [1.165, 1.54) is 18.6 Å². The van der Waals surface area contributed by atoms with Gasteiger partial charge in [-0.15, -0.1) is 0 Å². The van der Waals surface area contributed by atoms with E-state index in [0.29, 0.717) is 26.2 Å². The Balaban J connectivity index is 0.000000492. The average molecular weight is 472 g/mol. The van der Waals surface area contributed by atoms with Crippen LogP contribution < -0.4 is 10.5 Å². The van der Waals surface area contributed by atoms with Gasteiger partial charge in [-0.25, -0.2) is 9.97 Å². The number of nitrogens with zero attached hydrogens (tertiary/aromatic N) is 4. The lowest BCUT2D eigenvalue weighted by Crippen LogP contribution is -2.40. The number of hydrogen-bond acceptors (Lipinski definition) is 8. The molecular weight excluding hydrogens is 448 g/mol. The SMILES string of the molecule is O=C(c1ccc[nH]c1=O)N1CC2CN(c3ncnc4[nH]ccc34)CC2(CO)C1.O=CO.O=CO. The Kier molecular flexibility index (Phi) is 7.58. The maximum absolute atomic E-state index is 12.8. The number of pyridine rings is 1. The molecule has 2 atom stereocenters. The first-order chi connectivity index (χ1) is 16.4. The van der Waals surface area contributed by atoms with Crippen molar-refractivity contribution in [2.75, 3.05) is 37.7 Å². The molecule has 2 aliphatic rings. The molecule has 5 N–H and O–H groups in total. The van der Waals surface area contributed by atoms with Crippen molar-refractivity contribution in [1.29, 1.82) is 0 Å². The van der Waals surface area contributed by atoms with E-state index in [9.17, 15) is 14.7 Å². The number of likely N-dealkylation sites (tertiary alicyclic amines) is 1. The molecule has 0 radical (unpaired) electrons. The second kappa shape index (κ2) is 10.6. The van der Waals surface area contributed by atoms with E-state index < -0.39 is 5.41 Å². The number of aromatic amines is 2. The number of fused-ring (bicyclic) bond motifs is 2. The molecule has 13 nitrogen and oxygen atoms in total. The van der Waals surface area contributed by atoms with Crippen LogP contribution in [0.1, 0.15) is 10.4 Å². The highest BCUT2D eigenvalue weighted by molar-refractivity contribution is 5.94. The summed E-state index contributed by atoms with van der Waals surface area (Å²) in [6.45, 7) is 1.68. The molecule has 0 spiro atoms. The summed E-state index contributed by atoms with van der Waals surface area (Å²) in [6.07, 6.45) is 4.87. The van der Waals surface area contributed by atoms with Crippen LogP contribution in [0.2, 0.25) is 0 Å². The first kappa shape index (κ1) is 24.4. The second-order valence-corrected chi connectivity index (χ2v) is 7.84. The fourth-order valence-electron chi connectivity index (χ4n) is 4.59. The van der Waals surface area contributed by atoms with Crippen molar-refractivity contribution in [2.24, 2.45) is 11.3 Å². The molecule has 5 heterocycles. The molecule has 2 unspecified atom stereocenters. The Morgan fingerprint density at radius 1 is 1.12 bits per heavy atom. The smallest absolute Gasteiger partial charge is 0.290 e. The Labute approximate surface area is 192 Å². The largest absolute Gasteiger partial charge is 0.483 e. The highest BCUT2D eigenvalue weighted by Crippen LogP contribution is 2.44. The molecule has 2 fully saturated rings. The summed E-state index contributed by atoms with van der Waals surface area (Å²) in [7, 11) is 0. The monoisotopic (exact) mass is 472 g/mol. The summed E-state index contributed by atoms with van der Waals surface area (Å²) in [5, 5.41) is 24.9.